The molecule has 5 heteroatoms. The lowest BCUT2D eigenvalue weighted by Gasteiger charge is -2.06. The first-order valence-corrected chi connectivity index (χ1v) is 5.43. The Labute approximate surface area is 95.6 Å². The van der Waals surface area contributed by atoms with Gasteiger partial charge < -0.3 is 15.7 Å². The molecule has 0 radical (unpaired) electrons. The summed E-state index contributed by atoms with van der Waals surface area (Å²) in [6.45, 7) is 8.95. The van der Waals surface area contributed by atoms with Crippen LogP contribution in [0.5, 0.6) is 0 Å². The third kappa shape index (κ3) is 2.28. The normalized spacial score (nSPS) is 21.2. The molecule has 92 valence electrons. The van der Waals surface area contributed by atoms with Crippen molar-refractivity contribution in [2.75, 3.05) is 13.1 Å². The van der Waals surface area contributed by atoms with Crippen LogP contribution in [0.3, 0.4) is 0 Å². The minimum Gasteiger partial charge on any atom is -0.480 e. The zero-order valence-electron chi connectivity index (χ0n) is 10.3. The first-order chi connectivity index (χ1) is 7.19. The van der Waals surface area contributed by atoms with E-state index in [1.165, 1.54) is 0 Å². The van der Waals surface area contributed by atoms with Gasteiger partial charge in [-0.05, 0) is 16.7 Å². The van der Waals surface area contributed by atoms with Gasteiger partial charge >= 0.3 is 12.0 Å². The summed E-state index contributed by atoms with van der Waals surface area (Å²) >= 11 is 0. The van der Waals surface area contributed by atoms with Gasteiger partial charge in [-0.25, -0.2) is 4.79 Å². The Balaban J connectivity index is 2.27. The van der Waals surface area contributed by atoms with E-state index in [1.54, 1.807) is 0 Å². The number of carboxylic acids is 1. The fourth-order valence-corrected chi connectivity index (χ4v) is 2.26. The molecule has 1 aliphatic rings. The van der Waals surface area contributed by atoms with Crippen LogP contribution in [0.2, 0.25) is 0 Å². The molecule has 0 unspecified atom stereocenters. The second-order valence-corrected chi connectivity index (χ2v) is 5.45. The number of hydrogen-bond donors (Lipinski definition) is 3. The molecule has 0 atom stereocenters. The monoisotopic (exact) mass is 228 g/mol. The number of carbonyl (C=O) groups is 2. The average Bonchev–Trinajstić information content (AvgIpc) is 2.51. The topological polar surface area (TPSA) is 78.4 Å². The molecule has 5 nitrogen and oxygen atoms in total. The van der Waals surface area contributed by atoms with E-state index < -0.39 is 12.0 Å². The minimum atomic E-state index is -1.04. The van der Waals surface area contributed by atoms with Gasteiger partial charge in [-0.2, -0.15) is 0 Å². The fourth-order valence-electron chi connectivity index (χ4n) is 2.26. The van der Waals surface area contributed by atoms with Gasteiger partial charge in [-0.15, -0.1) is 0 Å². The number of aliphatic carboxylic acids is 1. The van der Waals surface area contributed by atoms with Crippen LogP contribution in [0.25, 0.3) is 0 Å². The van der Waals surface area contributed by atoms with Crippen LogP contribution in [0.15, 0.2) is 0 Å². The lowest BCUT2D eigenvalue weighted by molar-refractivity contribution is -0.135. The van der Waals surface area contributed by atoms with E-state index in [1.807, 2.05) is 0 Å². The molecular formula is C11H20N2O3. The molecule has 1 rings (SSSR count). The van der Waals surface area contributed by atoms with Gasteiger partial charge in [0.15, 0.2) is 0 Å². The summed E-state index contributed by atoms with van der Waals surface area (Å²) in [7, 11) is 0. The molecule has 0 heterocycles. The number of carboxylic acid groups (broad SMARTS) is 1. The predicted octanol–water partition coefficient (Wildman–Crippen LogP) is 1.05. The van der Waals surface area contributed by atoms with Crippen LogP contribution in [-0.2, 0) is 4.79 Å². The Morgan fingerprint density at radius 3 is 2.00 bits per heavy atom. The van der Waals surface area contributed by atoms with Gasteiger partial charge in [0.2, 0.25) is 0 Å². The average molecular weight is 228 g/mol. The molecule has 0 saturated heterocycles. The molecule has 0 aliphatic heterocycles. The van der Waals surface area contributed by atoms with Crippen molar-refractivity contribution in [3.05, 3.63) is 0 Å². The Kier molecular flexibility index (Phi) is 3.17. The summed E-state index contributed by atoms with van der Waals surface area (Å²) < 4.78 is 0. The van der Waals surface area contributed by atoms with Crippen LogP contribution in [-0.4, -0.2) is 30.2 Å². The van der Waals surface area contributed by atoms with Gasteiger partial charge in [0, 0.05) is 6.54 Å². The zero-order valence-corrected chi connectivity index (χ0v) is 10.3. The lowest BCUT2D eigenvalue weighted by atomic mass is 10.0. The maximum absolute atomic E-state index is 11.2. The molecule has 1 fully saturated rings. The highest BCUT2D eigenvalue weighted by molar-refractivity contribution is 5.79. The highest BCUT2D eigenvalue weighted by Gasteiger charge is 2.64. The van der Waals surface area contributed by atoms with Crippen molar-refractivity contribution in [3.63, 3.8) is 0 Å². The third-order valence-electron chi connectivity index (χ3n) is 4.19. The van der Waals surface area contributed by atoms with Crippen molar-refractivity contribution in [3.8, 4) is 0 Å². The van der Waals surface area contributed by atoms with E-state index in [9.17, 15) is 9.59 Å². The molecule has 0 aromatic carbocycles. The van der Waals surface area contributed by atoms with Gasteiger partial charge in [0.25, 0.3) is 0 Å². The number of hydrogen-bond acceptors (Lipinski definition) is 2. The van der Waals surface area contributed by atoms with Crippen LogP contribution >= 0.6 is 0 Å². The van der Waals surface area contributed by atoms with E-state index in [0.717, 1.165) is 0 Å². The molecule has 3 N–H and O–H groups in total. The molecule has 2 amide bonds. The summed E-state index contributed by atoms with van der Waals surface area (Å²) in [5.74, 6) is -0.599. The summed E-state index contributed by atoms with van der Waals surface area (Å²) in [6, 6.07) is -0.416. The van der Waals surface area contributed by atoms with Crippen LogP contribution in [0, 0.1) is 16.7 Å². The quantitative estimate of drug-likeness (QED) is 0.673. The molecule has 16 heavy (non-hydrogen) atoms. The van der Waals surface area contributed by atoms with E-state index >= 15 is 0 Å². The summed E-state index contributed by atoms with van der Waals surface area (Å²) in [6.07, 6.45) is 0. The van der Waals surface area contributed by atoms with Crippen molar-refractivity contribution < 1.29 is 14.7 Å². The Morgan fingerprint density at radius 2 is 1.62 bits per heavy atom. The highest BCUT2D eigenvalue weighted by Crippen LogP contribution is 2.67. The van der Waals surface area contributed by atoms with Gasteiger partial charge in [0.1, 0.15) is 6.54 Å². The maximum Gasteiger partial charge on any atom is 0.323 e. The third-order valence-corrected chi connectivity index (χ3v) is 4.19. The van der Waals surface area contributed by atoms with Crippen molar-refractivity contribution in [1.82, 2.24) is 10.6 Å². The zero-order chi connectivity index (χ0) is 12.6. The molecule has 0 spiro atoms. The predicted molar refractivity (Wildman–Crippen MR) is 60.1 cm³/mol. The number of urea groups is 1. The first-order valence-electron chi connectivity index (χ1n) is 5.43. The Bertz CT molecular complexity index is 296. The van der Waals surface area contributed by atoms with Gasteiger partial charge in [-0.3, -0.25) is 4.79 Å². The smallest absolute Gasteiger partial charge is 0.323 e. The van der Waals surface area contributed by atoms with Crippen LogP contribution in [0.1, 0.15) is 27.7 Å². The maximum atomic E-state index is 11.2. The van der Waals surface area contributed by atoms with Crippen molar-refractivity contribution in [1.29, 1.82) is 0 Å². The van der Waals surface area contributed by atoms with Crippen molar-refractivity contribution in [2.45, 2.75) is 27.7 Å². The SMILES string of the molecule is CC1(C)C(CNC(=O)NCC(=O)O)C1(C)C. The summed E-state index contributed by atoms with van der Waals surface area (Å²) in [5.41, 5.74) is 0.458. The summed E-state index contributed by atoms with van der Waals surface area (Å²) in [4.78, 5) is 21.4. The highest BCUT2D eigenvalue weighted by atomic mass is 16.4. The number of carbonyl (C=O) groups excluding carboxylic acids is 1. The van der Waals surface area contributed by atoms with E-state index in [-0.39, 0.29) is 17.4 Å². The standard InChI is InChI=1S/C11H20N2O3/c1-10(2)7(11(10,3)4)5-12-9(16)13-6-8(14)15/h7H,5-6H2,1-4H3,(H,14,15)(H2,12,13,16). The Hall–Kier alpha value is -1.26. The molecule has 0 bridgehead atoms. The van der Waals surface area contributed by atoms with Gasteiger partial charge in [-0.1, -0.05) is 27.7 Å². The van der Waals surface area contributed by atoms with E-state index in [4.69, 9.17) is 5.11 Å². The number of amides is 2. The van der Waals surface area contributed by atoms with Crippen LogP contribution < -0.4 is 10.6 Å². The van der Waals surface area contributed by atoms with E-state index in [2.05, 4.69) is 38.3 Å². The summed E-state index contributed by atoms with van der Waals surface area (Å²) in [5, 5.41) is 13.3. The van der Waals surface area contributed by atoms with Crippen molar-refractivity contribution >= 4 is 12.0 Å². The molecule has 1 aliphatic carbocycles. The largest absolute Gasteiger partial charge is 0.480 e. The molecular weight excluding hydrogens is 208 g/mol. The molecule has 0 aromatic rings. The van der Waals surface area contributed by atoms with Gasteiger partial charge in [0.05, 0.1) is 0 Å². The second-order valence-electron chi connectivity index (χ2n) is 5.45. The number of nitrogens with one attached hydrogen (secondary N) is 2. The van der Waals surface area contributed by atoms with Crippen molar-refractivity contribution in [2.24, 2.45) is 16.7 Å². The van der Waals surface area contributed by atoms with Crippen LogP contribution in [0.4, 0.5) is 4.79 Å². The fraction of sp³-hybridized carbons (Fsp3) is 0.818. The second kappa shape index (κ2) is 3.96. The minimum absolute atomic E-state index is 0.229. The lowest BCUT2D eigenvalue weighted by Crippen LogP contribution is -2.39. The molecule has 1 saturated carbocycles. The first kappa shape index (κ1) is 12.8. The van der Waals surface area contributed by atoms with E-state index in [0.29, 0.717) is 12.5 Å². The number of rotatable bonds is 4. The Morgan fingerprint density at radius 1 is 1.12 bits per heavy atom. The molecule has 0 aromatic heterocycles.